The number of hydrogen-bond donors (Lipinski definition) is 0. The highest BCUT2D eigenvalue weighted by Gasteiger charge is 2.08. The van der Waals surface area contributed by atoms with Crippen LogP contribution in [-0.4, -0.2) is 5.78 Å². The molecule has 0 amide bonds. The van der Waals surface area contributed by atoms with Gasteiger partial charge in [0.15, 0.2) is 5.78 Å². The Bertz CT molecular complexity index is 398. The highest BCUT2D eigenvalue weighted by molar-refractivity contribution is 6.34. The monoisotopic (exact) mass is 280 g/mol. The van der Waals surface area contributed by atoms with Crippen LogP contribution >= 0.6 is 11.6 Å². The van der Waals surface area contributed by atoms with Gasteiger partial charge in [0.1, 0.15) is 0 Å². The van der Waals surface area contributed by atoms with Crippen LogP contribution in [0.4, 0.5) is 0 Å². The van der Waals surface area contributed by atoms with Gasteiger partial charge in [-0.1, -0.05) is 63.6 Å². The predicted molar refractivity (Wildman–Crippen MR) is 83.2 cm³/mol. The van der Waals surface area contributed by atoms with Crippen LogP contribution < -0.4 is 0 Å². The summed E-state index contributed by atoms with van der Waals surface area (Å²) in [4.78, 5) is 11.6. The Labute approximate surface area is 122 Å². The maximum atomic E-state index is 11.6. The number of aryl methyl sites for hydroxylation is 1. The molecule has 0 fully saturated rings. The second-order valence-electron chi connectivity index (χ2n) is 5.11. The van der Waals surface area contributed by atoms with Gasteiger partial charge in [0, 0.05) is 12.0 Å². The summed E-state index contributed by atoms with van der Waals surface area (Å²) in [7, 11) is 0. The Morgan fingerprint density at radius 3 is 2.37 bits per heavy atom. The molecule has 0 saturated heterocycles. The van der Waals surface area contributed by atoms with Gasteiger partial charge >= 0.3 is 0 Å². The first-order valence-corrected chi connectivity index (χ1v) is 7.88. The van der Waals surface area contributed by atoms with Crippen molar-refractivity contribution in [3.63, 3.8) is 0 Å². The van der Waals surface area contributed by atoms with Crippen molar-refractivity contribution in [2.24, 2.45) is 0 Å². The Morgan fingerprint density at radius 2 is 1.74 bits per heavy atom. The summed E-state index contributed by atoms with van der Waals surface area (Å²) in [5.74, 6) is 0.121. The van der Waals surface area contributed by atoms with Gasteiger partial charge in [0.05, 0.1) is 5.02 Å². The molecule has 0 bridgehead atoms. The zero-order valence-electron chi connectivity index (χ0n) is 12.2. The van der Waals surface area contributed by atoms with E-state index < -0.39 is 0 Å². The molecule has 0 aliphatic carbocycles. The van der Waals surface area contributed by atoms with Crippen LogP contribution in [0.2, 0.25) is 5.02 Å². The molecular weight excluding hydrogens is 256 g/mol. The number of unbranched alkanes of at least 4 members (excludes halogenated alkanes) is 5. The predicted octanol–water partition coefficient (Wildman–Crippen LogP) is 5.84. The van der Waals surface area contributed by atoms with E-state index in [1.54, 1.807) is 0 Å². The van der Waals surface area contributed by atoms with E-state index in [1.807, 2.05) is 25.1 Å². The number of benzene rings is 1. The van der Waals surface area contributed by atoms with Crippen molar-refractivity contribution in [1.82, 2.24) is 0 Å². The minimum absolute atomic E-state index is 0.121. The summed E-state index contributed by atoms with van der Waals surface area (Å²) in [5, 5.41) is 0.607. The van der Waals surface area contributed by atoms with Crippen LogP contribution in [0.3, 0.4) is 0 Å². The van der Waals surface area contributed by atoms with Gasteiger partial charge in [-0.05, 0) is 30.5 Å². The molecule has 106 valence electrons. The molecule has 19 heavy (non-hydrogen) atoms. The van der Waals surface area contributed by atoms with Crippen LogP contribution in [-0.2, 0) is 6.42 Å². The molecule has 0 aliphatic heterocycles. The summed E-state index contributed by atoms with van der Waals surface area (Å²) in [5.41, 5.74) is 1.91. The molecule has 0 spiro atoms. The molecule has 0 aromatic heterocycles. The maximum Gasteiger partial charge on any atom is 0.164 e. The van der Waals surface area contributed by atoms with E-state index in [-0.39, 0.29) is 5.78 Å². The van der Waals surface area contributed by atoms with Gasteiger partial charge in [-0.2, -0.15) is 0 Å². The van der Waals surface area contributed by atoms with Crippen LogP contribution in [0, 0.1) is 0 Å². The van der Waals surface area contributed by atoms with Crippen molar-refractivity contribution in [2.45, 2.75) is 65.2 Å². The van der Waals surface area contributed by atoms with E-state index in [2.05, 4.69) is 6.92 Å². The summed E-state index contributed by atoms with van der Waals surface area (Å²) in [6.45, 7) is 4.10. The third kappa shape index (κ3) is 5.78. The number of ketones is 1. The minimum Gasteiger partial charge on any atom is -0.294 e. The molecule has 0 heterocycles. The number of carbonyl (C=O) groups is 1. The zero-order valence-corrected chi connectivity index (χ0v) is 12.9. The van der Waals surface area contributed by atoms with Crippen molar-refractivity contribution in [1.29, 1.82) is 0 Å². The van der Waals surface area contributed by atoms with Crippen molar-refractivity contribution < 1.29 is 4.79 Å². The number of halogens is 1. The SMILES string of the molecule is CCCCCCCCc1ccc(C(=O)CC)c(Cl)c1. The lowest BCUT2D eigenvalue weighted by molar-refractivity contribution is 0.0988. The molecule has 0 atom stereocenters. The van der Waals surface area contributed by atoms with E-state index in [4.69, 9.17) is 11.6 Å². The Kier molecular flexibility index (Phi) is 7.81. The highest BCUT2D eigenvalue weighted by Crippen LogP contribution is 2.21. The lowest BCUT2D eigenvalue weighted by atomic mass is 10.0. The molecule has 0 aliphatic rings. The van der Waals surface area contributed by atoms with E-state index in [0.29, 0.717) is 17.0 Å². The largest absolute Gasteiger partial charge is 0.294 e. The van der Waals surface area contributed by atoms with Gasteiger partial charge in [0.25, 0.3) is 0 Å². The van der Waals surface area contributed by atoms with E-state index >= 15 is 0 Å². The summed E-state index contributed by atoms with van der Waals surface area (Å²) in [6.07, 6.45) is 9.38. The van der Waals surface area contributed by atoms with Crippen molar-refractivity contribution in [3.05, 3.63) is 34.3 Å². The molecule has 2 heteroatoms. The van der Waals surface area contributed by atoms with Crippen LogP contribution in [0.15, 0.2) is 18.2 Å². The van der Waals surface area contributed by atoms with Gasteiger partial charge < -0.3 is 0 Å². The minimum atomic E-state index is 0.121. The fraction of sp³-hybridized carbons (Fsp3) is 0.588. The van der Waals surface area contributed by atoms with E-state index in [1.165, 1.54) is 44.1 Å². The van der Waals surface area contributed by atoms with Crippen molar-refractivity contribution >= 4 is 17.4 Å². The van der Waals surface area contributed by atoms with Crippen LogP contribution in [0.1, 0.15) is 74.7 Å². The van der Waals surface area contributed by atoms with Gasteiger partial charge in [-0.25, -0.2) is 0 Å². The molecule has 1 aromatic rings. The van der Waals surface area contributed by atoms with Gasteiger partial charge in [-0.15, -0.1) is 0 Å². The van der Waals surface area contributed by atoms with Crippen LogP contribution in [0.25, 0.3) is 0 Å². The molecule has 0 saturated carbocycles. The first-order valence-electron chi connectivity index (χ1n) is 7.50. The van der Waals surface area contributed by atoms with Gasteiger partial charge in [-0.3, -0.25) is 4.79 Å². The van der Waals surface area contributed by atoms with Crippen molar-refractivity contribution in [3.8, 4) is 0 Å². The molecule has 1 rings (SSSR count). The fourth-order valence-electron chi connectivity index (χ4n) is 2.24. The van der Waals surface area contributed by atoms with Crippen LogP contribution in [0.5, 0.6) is 0 Å². The topological polar surface area (TPSA) is 17.1 Å². The number of carbonyl (C=O) groups excluding carboxylic acids is 1. The first kappa shape index (κ1) is 16.2. The van der Waals surface area contributed by atoms with Gasteiger partial charge in [0.2, 0.25) is 0 Å². The lowest BCUT2D eigenvalue weighted by Crippen LogP contribution is -1.98. The lowest BCUT2D eigenvalue weighted by Gasteiger charge is -2.06. The Hall–Kier alpha value is -0.820. The van der Waals surface area contributed by atoms with E-state index in [0.717, 1.165) is 6.42 Å². The van der Waals surface area contributed by atoms with Crippen molar-refractivity contribution in [2.75, 3.05) is 0 Å². The third-order valence-corrected chi connectivity index (χ3v) is 3.79. The summed E-state index contributed by atoms with van der Waals surface area (Å²) < 4.78 is 0. The number of rotatable bonds is 9. The fourth-order valence-corrected chi connectivity index (χ4v) is 2.55. The average Bonchev–Trinajstić information content (AvgIpc) is 2.42. The zero-order chi connectivity index (χ0) is 14.1. The number of hydrogen-bond acceptors (Lipinski definition) is 1. The molecule has 0 radical (unpaired) electrons. The molecule has 1 aromatic carbocycles. The standard InChI is InChI=1S/C17H25ClO/c1-3-5-6-7-8-9-10-14-11-12-15(16(18)13-14)17(19)4-2/h11-13H,3-10H2,1-2H3. The summed E-state index contributed by atoms with van der Waals surface area (Å²) >= 11 is 6.16. The second kappa shape index (κ2) is 9.14. The second-order valence-corrected chi connectivity index (χ2v) is 5.52. The van der Waals surface area contributed by atoms with E-state index in [9.17, 15) is 4.79 Å². The Balaban J connectivity index is 2.39. The highest BCUT2D eigenvalue weighted by atomic mass is 35.5. The Morgan fingerprint density at radius 1 is 1.05 bits per heavy atom. The molecule has 0 N–H and O–H groups in total. The normalized spacial score (nSPS) is 10.7. The number of Topliss-reactive ketones (excluding diaryl/α,β-unsaturated/α-hetero) is 1. The maximum absolute atomic E-state index is 11.6. The smallest absolute Gasteiger partial charge is 0.164 e. The average molecular weight is 281 g/mol. The molecule has 1 nitrogen and oxygen atoms in total. The first-order chi connectivity index (χ1) is 9.19. The molecule has 0 unspecified atom stereocenters. The molecular formula is C17H25ClO. The summed E-state index contributed by atoms with van der Waals surface area (Å²) in [6, 6.07) is 5.87. The third-order valence-electron chi connectivity index (χ3n) is 3.47. The quantitative estimate of drug-likeness (QED) is 0.410.